The van der Waals surface area contributed by atoms with Crippen LogP contribution in [0, 0.1) is 6.57 Å². The molecule has 25 heavy (non-hydrogen) atoms. The molecule has 1 saturated heterocycles. The predicted molar refractivity (Wildman–Crippen MR) is 93.8 cm³/mol. The van der Waals surface area contributed by atoms with Gasteiger partial charge in [-0.15, -0.1) is 0 Å². The van der Waals surface area contributed by atoms with E-state index >= 15 is 0 Å². The predicted octanol–water partition coefficient (Wildman–Crippen LogP) is 2.23. The average Bonchev–Trinajstić information content (AvgIpc) is 2.61. The number of rotatable bonds is 3. The summed E-state index contributed by atoms with van der Waals surface area (Å²) < 4.78 is 23.1. The Kier molecular flexibility index (Phi) is 4.42. The summed E-state index contributed by atoms with van der Waals surface area (Å²) in [5.41, 5.74) is 2.31. The summed E-state index contributed by atoms with van der Waals surface area (Å²) in [5.74, 6) is -0.886. The molecule has 3 rings (SSSR count). The van der Waals surface area contributed by atoms with Crippen LogP contribution in [0.2, 0.25) is 0 Å². The highest BCUT2D eigenvalue weighted by molar-refractivity contribution is 7.91. The molecule has 0 bridgehead atoms. The van der Waals surface area contributed by atoms with Crippen LogP contribution in [0.25, 0.3) is 16.1 Å². The van der Waals surface area contributed by atoms with Gasteiger partial charge < -0.3 is 10.0 Å². The Bertz CT molecular complexity index is 966. The zero-order valence-electron chi connectivity index (χ0n) is 13.2. The van der Waals surface area contributed by atoms with Gasteiger partial charge >= 0.3 is 5.97 Å². The van der Waals surface area contributed by atoms with E-state index in [-0.39, 0.29) is 17.1 Å². The third kappa shape index (κ3) is 3.61. The van der Waals surface area contributed by atoms with Crippen molar-refractivity contribution in [2.24, 2.45) is 0 Å². The molecule has 0 radical (unpaired) electrons. The van der Waals surface area contributed by atoms with E-state index in [1.807, 2.05) is 4.90 Å². The van der Waals surface area contributed by atoms with Gasteiger partial charge in [0.25, 0.3) is 0 Å². The number of carbonyl (C=O) groups is 1. The van der Waals surface area contributed by atoms with Gasteiger partial charge in [0.15, 0.2) is 9.84 Å². The van der Waals surface area contributed by atoms with Crippen molar-refractivity contribution >= 4 is 27.2 Å². The van der Waals surface area contributed by atoms with E-state index in [1.165, 1.54) is 18.3 Å². The second kappa shape index (κ2) is 6.53. The smallest absolute Gasteiger partial charge is 0.335 e. The topological polar surface area (TPSA) is 91.9 Å². The lowest BCUT2D eigenvalue weighted by Gasteiger charge is -2.29. The molecule has 1 N–H and O–H groups in total. The molecule has 1 aliphatic rings. The number of sulfone groups is 1. The van der Waals surface area contributed by atoms with Crippen LogP contribution in [0.3, 0.4) is 0 Å². The zero-order valence-corrected chi connectivity index (χ0v) is 14.0. The molecule has 2 aromatic rings. The van der Waals surface area contributed by atoms with Gasteiger partial charge in [0, 0.05) is 25.0 Å². The summed E-state index contributed by atoms with van der Waals surface area (Å²) in [5, 5.41) is 9.08. The van der Waals surface area contributed by atoms with E-state index in [0.717, 1.165) is 0 Å². The highest BCUT2D eigenvalue weighted by Crippen LogP contribution is 2.34. The van der Waals surface area contributed by atoms with Gasteiger partial charge in [0.05, 0.1) is 29.3 Å². The number of aromatic carboxylic acids is 1. The Balaban J connectivity index is 1.94. The molecule has 1 aliphatic heterocycles. The number of aromatic nitrogens is 1. The lowest BCUT2D eigenvalue weighted by atomic mass is 10.1. The minimum atomic E-state index is -2.99. The van der Waals surface area contributed by atoms with E-state index in [1.54, 1.807) is 18.2 Å². The fourth-order valence-electron chi connectivity index (χ4n) is 2.71. The molecule has 128 valence electrons. The molecule has 0 atom stereocenters. The van der Waals surface area contributed by atoms with Crippen LogP contribution in [0.4, 0.5) is 11.4 Å². The van der Waals surface area contributed by atoms with Crippen molar-refractivity contribution < 1.29 is 18.3 Å². The van der Waals surface area contributed by atoms with Crippen molar-refractivity contribution in [3.8, 4) is 11.3 Å². The Morgan fingerprint density at radius 1 is 1.20 bits per heavy atom. The van der Waals surface area contributed by atoms with Crippen LogP contribution in [0.1, 0.15) is 10.4 Å². The molecule has 0 amide bonds. The van der Waals surface area contributed by atoms with E-state index in [0.29, 0.717) is 35.7 Å². The monoisotopic (exact) mass is 357 g/mol. The fourth-order valence-corrected chi connectivity index (χ4v) is 3.92. The molecule has 0 aliphatic carbocycles. The Morgan fingerprint density at radius 3 is 2.56 bits per heavy atom. The number of benzene rings is 1. The van der Waals surface area contributed by atoms with Crippen LogP contribution in [0.5, 0.6) is 0 Å². The van der Waals surface area contributed by atoms with Gasteiger partial charge in [0.2, 0.25) is 5.69 Å². The number of hydrogen-bond acceptors (Lipinski definition) is 5. The van der Waals surface area contributed by atoms with Crippen molar-refractivity contribution in [3.63, 3.8) is 0 Å². The van der Waals surface area contributed by atoms with Crippen LogP contribution in [0.15, 0.2) is 36.5 Å². The Morgan fingerprint density at radius 2 is 1.92 bits per heavy atom. The highest BCUT2D eigenvalue weighted by Gasteiger charge is 2.23. The largest absolute Gasteiger partial charge is 0.478 e. The van der Waals surface area contributed by atoms with Gasteiger partial charge in [-0.3, -0.25) is 4.98 Å². The highest BCUT2D eigenvalue weighted by atomic mass is 32.2. The van der Waals surface area contributed by atoms with Gasteiger partial charge in [-0.25, -0.2) is 18.1 Å². The zero-order chi connectivity index (χ0) is 18.0. The number of anilines is 1. The quantitative estimate of drug-likeness (QED) is 0.847. The van der Waals surface area contributed by atoms with Gasteiger partial charge in [0.1, 0.15) is 0 Å². The van der Waals surface area contributed by atoms with Gasteiger partial charge in [-0.1, -0.05) is 6.07 Å². The fraction of sp³-hybridized carbons (Fsp3) is 0.235. The molecule has 1 aromatic carbocycles. The molecule has 2 heterocycles. The van der Waals surface area contributed by atoms with Crippen molar-refractivity contribution in [2.75, 3.05) is 29.5 Å². The maximum atomic E-state index is 11.6. The molecule has 0 unspecified atom stereocenters. The standard InChI is InChI=1S/C17H15N3O4S/c1-18-15-10-12(14-11-13(17(21)22)4-5-19-14)2-3-16(15)20-6-8-25(23,24)9-7-20/h2-5,10-11H,6-9H2,(H,21,22). The Labute approximate surface area is 145 Å². The normalized spacial score (nSPS) is 16.2. The van der Waals surface area contributed by atoms with Crippen molar-refractivity contribution in [1.82, 2.24) is 4.98 Å². The van der Waals surface area contributed by atoms with Crippen molar-refractivity contribution in [1.29, 1.82) is 0 Å². The lowest BCUT2D eigenvalue weighted by Crippen LogP contribution is -2.40. The molecular formula is C17H15N3O4S. The van der Waals surface area contributed by atoms with Gasteiger partial charge in [-0.2, -0.15) is 0 Å². The second-order valence-electron chi connectivity index (χ2n) is 5.69. The lowest BCUT2D eigenvalue weighted by molar-refractivity contribution is 0.0697. The third-order valence-corrected chi connectivity index (χ3v) is 5.69. The number of nitrogens with zero attached hydrogens (tertiary/aromatic N) is 3. The summed E-state index contributed by atoms with van der Waals surface area (Å²) in [6.07, 6.45) is 1.42. The first-order valence-electron chi connectivity index (χ1n) is 7.56. The Hall–Kier alpha value is -2.92. The first kappa shape index (κ1) is 16.9. The van der Waals surface area contributed by atoms with Crippen LogP contribution in [-0.4, -0.2) is 49.1 Å². The van der Waals surface area contributed by atoms with E-state index < -0.39 is 15.8 Å². The van der Waals surface area contributed by atoms with Crippen molar-refractivity contribution in [3.05, 3.63) is 53.5 Å². The van der Waals surface area contributed by atoms with Crippen LogP contribution >= 0.6 is 0 Å². The molecule has 7 nitrogen and oxygen atoms in total. The summed E-state index contributed by atoms with van der Waals surface area (Å²) in [6.45, 7) is 8.13. The number of carboxylic acid groups (broad SMARTS) is 1. The van der Waals surface area contributed by atoms with Crippen molar-refractivity contribution in [2.45, 2.75) is 0 Å². The van der Waals surface area contributed by atoms with E-state index in [4.69, 9.17) is 11.7 Å². The third-order valence-electron chi connectivity index (χ3n) is 4.08. The molecule has 0 saturated carbocycles. The minimum Gasteiger partial charge on any atom is -0.478 e. The van der Waals surface area contributed by atoms with Crippen LogP contribution in [-0.2, 0) is 9.84 Å². The molecule has 1 aromatic heterocycles. The molecular weight excluding hydrogens is 342 g/mol. The average molecular weight is 357 g/mol. The first-order valence-corrected chi connectivity index (χ1v) is 9.38. The maximum Gasteiger partial charge on any atom is 0.335 e. The second-order valence-corrected chi connectivity index (χ2v) is 7.99. The summed E-state index contributed by atoms with van der Waals surface area (Å²) in [7, 11) is -2.99. The van der Waals surface area contributed by atoms with Gasteiger partial charge in [-0.05, 0) is 29.8 Å². The summed E-state index contributed by atoms with van der Waals surface area (Å²) in [6, 6.07) is 8.04. The number of pyridine rings is 1. The molecule has 0 spiro atoms. The molecule has 1 fully saturated rings. The molecule has 8 heteroatoms. The number of carboxylic acids is 1. The minimum absolute atomic E-state index is 0.0778. The van der Waals surface area contributed by atoms with E-state index in [9.17, 15) is 13.2 Å². The SMILES string of the molecule is [C-]#[N+]c1cc(-c2cc(C(=O)O)ccn2)ccc1N1CCS(=O)(=O)CC1. The summed E-state index contributed by atoms with van der Waals surface area (Å²) >= 11 is 0. The van der Waals surface area contributed by atoms with E-state index in [2.05, 4.69) is 9.83 Å². The maximum absolute atomic E-state index is 11.6. The number of hydrogen-bond donors (Lipinski definition) is 1. The van der Waals surface area contributed by atoms with Crippen LogP contribution < -0.4 is 4.90 Å². The summed E-state index contributed by atoms with van der Waals surface area (Å²) in [4.78, 5) is 20.7. The first-order chi connectivity index (χ1) is 11.9.